The number of hydrogen-bond donors (Lipinski definition) is 3. The smallest absolute Gasteiger partial charge is 0.182 e. The first-order chi connectivity index (χ1) is 13.5. The lowest BCUT2D eigenvalue weighted by atomic mass is 10.1. The molecule has 4 rings (SSSR count). The Labute approximate surface area is 158 Å². The summed E-state index contributed by atoms with van der Waals surface area (Å²) in [6, 6.07) is 7.43. The molecule has 0 unspecified atom stereocenters. The lowest BCUT2D eigenvalue weighted by molar-refractivity contribution is 0.274. The number of hydrogen-bond acceptors (Lipinski definition) is 6. The van der Waals surface area contributed by atoms with Crippen molar-refractivity contribution < 1.29 is 9.50 Å². The Balaban J connectivity index is 1.69. The predicted molar refractivity (Wildman–Crippen MR) is 101 cm³/mol. The number of nitrogens with one attached hydrogen (secondary N) is 2. The van der Waals surface area contributed by atoms with Gasteiger partial charge in [-0.1, -0.05) is 0 Å². The van der Waals surface area contributed by atoms with Crippen LogP contribution in [0.2, 0.25) is 0 Å². The van der Waals surface area contributed by atoms with Crippen LogP contribution < -0.4 is 10.7 Å². The van der Waals surface area contributed by atoms with Gasteiger partial charge in [-0.25, -0.2) is 13.9 Å². The molecule has 0 saturated carbocycles. The summed E-state index contributed by atoms with van der Waals surface area (Å²) in [6.45, 7) is 1.53. The topological polar surface area (TPSA) is 108 Å². The van der Waals surface area contributed by atoms with Crippen molar-refractivity contribution in [1.29, 1.82) is 0 Å². The van der Waals surface area contributed by atoms with Gasteiger partial charge in [0, 0.05) is 23.9 Å². The number of aromatic amines is 1. The monoisotopic (exact) mass is 380 g/mol. The second kappa shape index (κ2) is 7.20. The van der Waals surface area contributed by atoms with Crippen molar-refractivity contribution in [3.8, 4) is 11.4 Å². The summed E-state index contributed by atoms with van der Waals surface area (Å²) in [5, 5.41) is 17.2. The summed E-state index contributed by atoms with van der Waals surface area (Å²) in [4.78, 5) is 22.9. The fraction of sp³-hybridized carbons (Fsp3) is 0.158. The molecule has 0 aromatic carbocycles. The maximum absolute atomic E-state index is 13.6. The first kappa shape index (κ1) is 17.8. The summed E-state index contributed by atoms with van der Waals surface area (Å²) >= 11 is 0. The highest BCUT2D eigenvalue weighted by Gasteiger charge is 2.15. The second-order valence-corrected chi connectivity index (χ2v) is 6.28. The minimum absolute atomic E-state index is 0.123. The molecule has 1 atom stereocenters. The van der Waals surface area contributed by atoms with E-state index in [2.05, 4.69) is 25.4 Å². The van der Waals surface area contributed by atoms with Crippen LogP contribution >= 0.6 is 0 Å². The van der Waals surface area contributed by atoms with Crippen molar-refractivity contribution >= 4 is 11.5 Å². The van der Waals surface area contributed by atoms with Crippen molar-refractivity contribution in [2.24, 2.45) is 0 Å². The number of fused-ring (bicyclic) bond motifs is 1. The molecule has 0 saturated heterocycles. The number of anilines is 1. The highest BCUT2D eigenvalue weighted by Crippen LogP contribution is 2.23. The summed E-state index contributed by atoms with van der Waals surface area (Å²) < 4.78 is 15.2. The van der Waals surface area contributed by atoms with E-state index in [1.165, 1.54) is 18.2 Å². The SMILES string of the molecule is C[C@H](Nc1ccc2ncc(-c3cc(=O)cc[nH]3)n2n1)c1cc(F)cnc1CO. The van der Waals surface area contributed by atoms with Crippen molar-refractivity contribution in [3.05, 3.63) is 76.2 Å². The molecular weight excluding hydrogens is 363 g/mol. The van der Waals surface area contributed by atoms with E-state index in [1.807, 2.05) is 6.92 Å². The summed E-state index contributed by atoms with van der Waals surface area (Å²) in [5.41, 5.74) is 2.65. The van der Waals surface area contributed by atoms with Gasteiger partial charge in [-0.2, -0.15) is 0 Å². The largest absolute Gasteiger partial charge is 0.390 e. The molecule has 0 radical (unpaired) electrons. The summed E-state index contributed by atoms with van der Waals surface area (Å²) in [6.07, 6.45) is 4.26. The Morgan fingerprint density at radius 2 is 2.11 bits per heavy atom. The van der Waals surface area contributed by atoms with Crippen LogP contribution in [0.15, 0.2) is 53.7 Å². The third kappa shape index (κ3) is 3.35. The van der Waals surface area contributed by atoms with E-state index < -0.39 is 5.82 Å². The standard InChI is InChI=1S/C19H17FN6O2/c1-11(14-6-12(20)8-22-16(14)10-27)24-18-2-3-19-23-9-17(26(19)25-18)15-7-13(28)4-5-21-15/h2-9,11,27H,10H2,1H3,(H,21,28)(H,24,25)/t11-/m0/s1. The van der Waals surface area contributed by atoms with Gasteiger partial charge in [-0.15, -0.1) is 5.10 Å². The number of imidazole rings is 1. The van der Waals surface area contributed by atoms with Crippen molar-refractivity contribution in [3.63, 3.8) is 0 Å². The van der Waals surface area contributed by atoms with Gasteiger partial charge >= 0.3 is 0 Å². The van der Waals surface area contributed by atoms with Crippen LogP contribution in [-0.4, -0.2) is 29.7 Å². The number of nitrogens with zero attached hydrogens (tertiary/aromatic N) is 4. The first-order valence-corrected chi connectivity index (χ1v) is 8.61. The van der Waals surface area contributed by atoms with E-state index in [4.69, 9.17) is 0 Å². The molecule has 0 aliphatic heterocycles. The van der Waals surface area contributed by atoms with Gasteiger partial charge in [0.1, 0.15) is 17.3 Å². The molecule has 4 aromatic heterocycles. The molecule has 8 nitrogen and oxygen atoms in total. The number of aliphatic hydroxyl groups excluding tert-OH is 1. The third-order valence-corrected chi connectivity index (χ3v) is 4.36. The van der Waals surface area contributed by atoms with Crippen molar-refractivity contribution in [1.82, 2.24) is 24.6 Å². The third-order valence-electron chi connectivity index (χ3n) is 4.36. The average molecular weight is 380 g/mol. The van der Waals surface area contributed by atoms with Gasteiger partial charge in [0.05, 0.1) is 36.4 Å². The lowest BCUT2D eigenvalue weighted by Gasteiger charge is -2.17. The minimum atomic E-state index is -0.478. The Morgan fingerprint density at radius 3 is 2.89 bits per heavy atom. The Kier molecular flexibility index (Phi) is 4.58. The molecule has 0 amide bonds. The summed E-state index contributed by atoms with van der Waals surface area (Å²) in [7, 11) is 0. The fourth-order valence-electron chi connectivity index (χ4n) is 3.02. The molecule has 0 fully saturated rings. The molecule has 0 bridgehead atoms. The Hall–Kier alpha value is -3.59. The molecule has 28 heavy (non-hydrogen) atoms. The van der Waals surface area contributed by atoms with Crippen molar-refractivity contribution in [2.75, 3.05) is 5.32 Å². The Bertz CT molecular complexity index is 1200. The van der Waals surface area contributed by atoms with E-state index in [1.54, 1.807) is 29.0 Å². The van der Waals surface area contributed by atoms with Gasteiger partial charge in [0.25, 0.3) is 0 Å². The molecular formula is C19H17FN6O2. The first-order valence-electron chi connectivity index (χ1n) is 8.61. The molecule has 0 aliphatic carbocycles. The van der Waals surface area contributed by atoms with Crippen LogP contribution in [0.3, 0.4) is 0 Å². The number of rotatable bonds is 5. The van der Waals surface area contributed by atoms with Crippen molar-refractivity contribution in [2.45, 2.75) is 19.6 Å². The molecule has 0 spiro atoms. The normalized spacial score (nSPS) is 12.2. The zero-order valence-corrected chi connectivity index (χ0v) is 14.9. The highest BCUT2D eigenvalue weighted by atomic mass is 19.1. The van der Waals surface area contributed by atoms with Crippen LogP contribution in [0.1, 0.15) is 24.2 Å². The Morgan fingerprint density at radius 1 is 1.25 bits per heavy atom. The van der Waals surface area contributed by atoms with Crippen LogP contribution in [0, 0.1) is 5.82 Å². The van der Waals surface area contributed by atoms with Crippen LogP contribution in [0.25, 0.3) is 17.0 Å². The second-order valence-electron chi connectivity index (χ2n) is 6.28. The van der Waals surface area contributed by atoms with Crippen LogP contribution in [-0.2, 0) is 6.61 Å². The van der Waals surface area contributed by atoms with E-state index in [0.29, 0.717) is 34.1 Å². The zero-order valence-electron chi connectivity index (χ0n) is 14.9. The number of halogens is 1. The fourth-order valence-corrected chi connectivity index (χ4v) is 3.02. The molecule has 9 heteroatoms. The zero-order chi connectivity index (χ0) is 19.7. The quantitative estimate of drug-likeness (QED) is 0.490. The van der Waals surface area contributed by atoms with Gasteiger partial charge in [-0.05, 0) is 25.1 Å². The average Bonchev–Trinajstić information content (AvgIpc) is 3.11. The van der Waals surface area contributed by atoms with Crippen LogP contribution in [0.4, 0.5) is 10.2 Å². The molecule has 3 N–H and O–H groups in total. The number of aromatic nitrogens is 5. The van der Waals surface area contributed by atoms with Gasteiger partial charge in [-0.3, -0.25) is 9.78 Å². The molecule has 0 aliphatic rings. The summed E-state index contributed by atoms with van der Waals surface area (Å²) in [5.74, 6) is 0.0415. The molecule has 142 valence electrons. The molecule has 4 heterocycles. The van der Waals surface area contributed by atoms with E-state index in [0.717, 1.165) is 6.20 Å². The van der Waals surface area contributed by atoms with E-state index in [9.17, 15) is 14.3 Å². The van der Waals surface area contributed by atoms with Crippen LogP contribution in [0.5, 0.6) is 0 Å². The van der Waals surface area contributed by atoms with Gasteiger partial charge in [0.15, 0.2) is 11.1 Å². The number of pyridine rings is 2. The number of aliphatic hydroxyl groups is 1. The predicted octanol–water partition coefficient (Wildman–Crippen LogP) is 2.28. The lowest BCUT2D eigenvalue weighted by Crippen LogP contribution is -2.13. The molecule has 4 aromatic rings. The van der Waals surface area contributed by atoms with Gasteiger partial charge in [0.2, 0.25) is 0 Å². The number of H-pyrrole nitrogens is 1. The maximum Gasteiger partial charge on any atom is 0.182 e. The minimum Gasteiger partial charge on any atom is -0.390 e. The van der Waals surface area contributed by atoms with E-state index in [-0.39, 0.29) is 18.1 Å². The van der Waals surface area contributed by atoms with Gasteiger partial charge < -0.3 is 15.4 Å². The maximum atomic E-state index is 13.6. The highest BCUT2D eigenvalue weighted by molar-refractivity contribution is 5.60. The van der Waals surface area contributed by atoms with E-state index >= 15 is 0 Å².